The first kappa shape index (κ1) is 14.3. The van der Waals surface area contributed by atoms with Crippen molar-refractivity contribution in [3.8, 4) is 0 Å². The highest BCUT2D eigenvalue weighted by molar-refractivity contribution is 7.99. The minimum atomic E-state index is 0.239. The summed E-state index contributed by atoms with van der Waals surface area (Å²) in [5.74, 6) is 1.31. The highest BCUT2D eigenvalue weighted by Crippen LogP contribution is 2.32. The lowest BCUT2D eigenvalue weighted by Gasteiger charge is -2.23. The fourth-order valence-electron chi connectivity index (χ4n) is 1.53. The maximum atomic E-state index is 5.92. The van der Waals surface area contributed by atoms with Gasteiger partial charge in [-0.3, -0.25) is 0 Å². The van der Waals surface area contributed by atoms with Crippen molar-refractivity contribution in [2.75, 3.05) is 23.9 Å². The van der Waals surface area contributed by atoms with E-state index in [0.29, 0.717) is 5.88 Å². The van der Waals surface area contributed by atoms with E-state index < -0.39 is 0 Å². The van der Waals surface area contributed by atoms with Crippen molar-refractivity contribution < 1.29 is 0 Å². The Labute approximate surface area is 111 Å². The van der Waals surface area contributed by atoms with E-state index in [1.54, 1.807) is 6.08 Å². The van der Waals surface area contributed by atoms with Gasteiger partial charge >= 0.3 is 0 Å². The molecule has 0 spiro atoms. The first-order chi connectivity index (χ1) is 8.17. The molecule has 0 unspecified atom stereocenters. The number of anilines is 1. The summed E-state index contributed by atoms with van der Waals surface area (Å²) in [7, 11) is 0. The molecule has 17 heavy (non-hydrogen) atoms. The molecule has 0 aromatic carbocycles. The molecule has 0 saturated carbocycles. The van der Waals surface area contributed by atoms with Gasteiger partial charge in [-0.05, 0) is 31.5 Å². The second-order valence-electron chi connectivity index (χ2n) is 3.22. The average molecular weight is 273 g/mol. The average Bonchev–Trinajstić information content (AvgIpc) is 2.33. The van der Waals surface area contributed by atoms with Crippen molar-refractivity contribution in [2.24, 2.45) is 5.73 Å². The van der Waals surface area contributed by atoms with Crippen LogP contribution in [-0.2, 0) is 0 Å². The minimum Gasteiger partial charge on any atom is -0.356 e. The quantitative estimate of drug-likeness (QED) is 0.490. The number of halogens is 1. The summed E-state index contributed by atoms with van der Waals surface area (Å²) in [5.41, 5.74) is 6.33. The van der Waals surface area contributed by atoms with Crippen LogP contribution in [-0.4, -0.2) is 28.9 Å². The fourth-order valence-corrected chi connectivity index (χ4v) is 2.44. The van der Waals surface area contributed by atoms with E-state index in [1.807, 2.05) is 0 Å². The summed E-state index contributed by atoms with van der Waals surface area (Å²) in [6.45, 7) is 9.61. The molecule has 1 rings (SSSR count). The monoisotopic (exact) mass is 272 g/mol. The van der Waals surface area contributed by atoms with E-state index in [4.69, 9.17) is 17.3 Å². The third kappa shape index (κ3) is 3.34. The van der Waals surface area contributed by atoms with Gasteiger partial charge in [0.1, 0.15) is 5.82 Å². The topological polar surface area (TPSA) is 55.0 Å². The van der Waals surface area contributed by atoms with Gasteiger partial charge in [-0.1, -0.05) is 6.58 Å². The molecule has 0 fully saturated rings. The molecule has 1 aromatic rings. The number of aromatic nitrogens is 2. The summed E-state index contributed by atoms with van der Waals surface area (Å²) in [5, 5.41) is 0.239. The normalized spacial score (nSPS) is 10.4. The lowest BCUT2D eigenvalue weighted by atomic mass is 10.3. The predicted octanol–water partition coefficient (Wildman–Crippen LogP) is 2.63. The van der Waals surface area contributed by atoms with Crippen LogP contribution in [0.15, 0.2) is 11.5 Å². The molecule has 0 radical (unpaired) electrons. The molecule has 0 atom stereocenters. The van der Waals surface area contributed by atoms with Gasteiger partial charge in [0.25, 0.3) is 0 Å². The number of nitrogens with zero attached hydrogens (tertiary/aromatic N) is 3. The molecule has 0 saturated heterocycles. The molecule has 4 nitrogen and oxygen atoms in total. The van der Waals surface area contributed by atoms with Crippen LogP contribution in [0.2, 0.25) is 5.28 Å². The predicted molar refractivity (Wildman–Crippen MR) is 75.6 cm³/mol. The molecule has 0 bridgehead atoms. The SMILES string of the molecule is C=Cc1nc(Cl)nc(N(CC)CC)c1SCN. The van der Waals surface area contributed by atoms with Gasteiger partial charge < -0.3 is 10.6 Å². The first-order valence-electron chi connectivity index (χ1n) is 5.45. The van der Waals surface area contributed by atoms with Gasteiger partial charge in [0, 0.05) is 19.0 Å². The van der Waals surface area contributed by atoms with Gasteiger partial charge in [-0.15, -0.1) is 11.8 Å². The molecule has 1 aromatic heterocycles. The van der Waals surface area contributed by atoms with Crippen LogP contribution in [0.5, 0.6) is 0 Å². The summed E-state index contributed by atoms with van der Waals surface area (Å²) < 4.78 is 0. The van der Waals surface area contributed by atoms with Crippen LogP contribution in [0, 0.1) is 0 Å². The zero-order valence-corrected chi connectivity index (χ0v) is 11.7. The largest absolute Gasteiger partial charge is 0.356 e. The summed E-state index contributed by atoms with van der Waals surface area (Å²) in [6.07, 6.45) is 1.68. The minimum absolute atomic E-state index is 0.239. The Balaban J connectivity index is 3.33. The van der Waals surface area contributed by atoms with E-state index in [2.05, 4.69) is 35.3 Å². The number of thioether (sulfide) groups is 1. The third-order valence-electron chi connectivity index (χ3n) is 2.33. The Kier molecular flexibility index (Phi) is 5.74. The summed E-state index contributed by atoms with van der Waals surface area (Å²) in [4.78, 5) is 11.5. The highest BCUT2D eigenvalue weighted by Gasteiger charge is 2.16. The Morgan fingerprint density at radius 3 is 2.53 bits per heavy atom. The van der Waals surface area contributed by atoms with Crippen LogP contribution in [0.3, 0.4) is 0 Å². The van der Waals surface area contributed by atoms with Gasteiger partial charge in [0.15, 0.2) is 0 Å². The zero-order valence-electron chi connectivity index (χ0n) is 10.1. The van der Waals surface area contributed by atoms with E-state index in [-0.39, 0.29) is 5.28 Å². The van der Waals surface area contributed by atoms with Crippen molar-refractivity contribution in [3.05, 3.63) is 17.6 Å². The van der Waals surface area contributed by atoms with Gasteiger partial charge in [-0.25, -0.2) is 4.98 Å². The Morgan fingerprint density at radius 2 is 2.06 bits per heavy atom. The molecule has 2 N–H and O–H groups in total. The Morgan fingerprint density at radius 1 is 1.41 bits per heavy atom. The Hall–Kier alpha value is -0.780. The van der Waals surface area contributed by atoms with E-state index in [0.717, 1.165) is 29.5 Å². The van der Waals surface area contributed by atoms with Crippen LogP contribution in [0.4, 0.5) is 5.82 Å². The van der Waals surface area contributed by atoms with Crippen LogP contribution in [0.25, 0.3) is 6.08 Å². The zero-order chi connectivity index (χ0) is 12.8. The Bertz CT molecular complexity index is 393. The number of hydrogen-bond acceptors (Lipinski definition) is 5. The lowest BCUT2D eigenvalue weighted by Crippen LogP contribution is -2.24. The van der Waals surface area contributed by atoms with Crippen molar-refractivity contribution in [1.82, 2.24) is 9.97 Å². The van der Waals surface area contributed by atoms with Gasteiger partial charge in [0.05, 0.1) is 10.6 Å². The molecule has 94 valence electrons. The van der Waals surface area contributed by atoms with E-state index in [1.165, 1.54) is 11.8 Å². The number of rotatable bonds is 6. The number of nitrogens with two attached hydrogens (primary N) is 1. The molecular formula is C11H17ClN4S. The molecule has 0 aliphatic heterocycles. The molecule has 6 heteroatoms. The van der Waals surface area contributed by atoms with Crippen LogP contribution in [0.1, 0.15) is 19.5 Å². The van der Waals surface area contributed by atoms with Gasteiger partial charge in [0.2, 0.25) is 5.28 Å². The smallest absolute Gasteiger partial charge is 0.224 e. The fraction of sp³-hybridized carbons (Fsp3) is 0.455. The molecular weight excluding hydrogens is 256 g/mol. The lowest BCUT2D eigenvalue weighted by molar-refractivity contribution is 0.823. The van der Waals surface area contributed by atoms with Crippen LogP contribution >= 0.6 is 23.4 Å². The van der Waals surface area contributed by atoms with E-state index in [9.17, 15) is 0 Å². The van der Waals surface area contributed by atoms with Crippen molar-refractivity contribution >= 4 is 35.3 Å². The summed E-state index contributed by atoms with van der Waals surface area (Å²) in [6, 6.07) is 0. The molecule has 0 aliphatic carbocycles. The highest BCUT2D eigenvalue weighted by atomic mass is 35.5. The maximum absolute atomic E-state index is 5.92. The second-order valence-corrected chi connectivity index (χ2v) is 4.59. The second kappa shape index (κ2) is 6.83. The van der Waals surface area contributed by atoms with Crippen molar-refractivity contribution in [1.29, 1.82) is 0 Å². The van der Waals surface area contributed by atoms with Crippen LogP contribution < -0.4 is 10.6 Å². The van der Waals surface area contributed by atoms with Gasteiger partial charge in [-0.2, -0.15) is 4.98 Å². The summed E-state index contributed by atoms with van der Waals surface area (Å²) >= 11 is 7.42. The van der Waals surface area contributed by atoms with Crippen molar-refractivity contribution in [3.63, 3.8) is 0 Å². The first-order valence-corrected chi connectivity index (χ1v) is 6.82. The maximum Gasteiger partial charge on any atom is 0.224 e. The number of hydrogen-bond donors (Lipinski definition) is 1. The third-order valence-corrected chi connectivity index (χ3v) is 3.35. The standard InChI is InChI=1S/C11H17ClN4S/c1-4-8-9(17-7-13)10(15-11(12)14-8)16(5-2)6-3/h4H,1,5-7,13H2,2-3H3. The van der Waals surface area contributed by atoms with Crippen molar-refractivity contribution in [2.45, 2.75) is 18.7 Å². The molecule has 0 aliphatic rings. The molecule has 0 amide bonds. The van der Waals surface area contributed by atoms with E-state index >= 15 is 0 Å². The molecule has 1 heterocycles.